The monoisotopic (exact) mass is 432 g/mol. The minimum absolute atomic E-state index is 0.0104. The van der Waals surface area contributed by atoms with Crippen LogP contribution in [0.2, 0.25) is 0 Å². The van der Waals surface area contributed by atoms with Gasteiger partial charge in [-0.1, -0.05) is 52.0 Å². The van der Waals surface area contributed by atoms with Crippen molar-refractivity contribution in [3.05, 3.63) is 57.6 Å². The summed E-state index contributed by atoms with van der Waals surface area (Å²) in [6.07, 6.45) is 10.2. The number of rotatable bonds is 6. The molecule has 4 aliphatic rings. The SMILES string of the molecule is CCc1cc(C2(c3cc(CC)c(O)c(CC)c3)C3CC4CC(C3)CC2C4)cc(CC)c1O. The second-order valence-corrected chi connectivity index (χ2v) is 10.9. The minimum atomic E-state index is 0.0104. The van der Waals surface area contributed by atoms with Gasteiger partial charge in [0.25, 0.3) is 0 Å². The zero-order chi connectivity index (χ0) is 22.6. The maximum atomic E-state index is 10.9. The number of aryl methyl sites for hydroxylation is 4. The molecule has 0 heterocycles. The first-order valence-electron chi connectivity index (χ1n) is 13.2. The van der Waals surface area contributed by atoms with Crippen molar-refractivity contribution in [3.63, 3.8) is 0 Å². The van der Waals surface area contributed by atoms with Crippen LogP contribution in [-0.2, 0) is 31.1 Å². The summed E-state index contributed by atoms with van der Waals surface area (Å²) in [4.78, 5) is 0. The lowest BCUT2D eigenvalue weighted by atomic mass is 9.42. The lowest BCUT2D eigenvalue weighted by molar-refractivity contribution is -0.0419. The predicted octanol–water partition coefficient (Wildman–Crippen LogP) is 7.09. The van der Waals surface area contributed by atoms with Gasteiger partial charge in [-0.3, -0.25) is 0 Å². The number of aromatic hydroxyl groups is 2. The third-order valence-corrected chi connectivity index (χ3v) is 9.44. The van der Waals surface area contributed by atoms with Crippen molar-refractivity contribution in [2.45, 2.75) is 90.9 Å². The molecule has 0 spiro atoms. The van der Waals surface area contributed by atoms with Gasteiger partial charge in [0.15, 0.2) is 0 Å². The molecule has 2 aromatic carbocycles. The van der Waals surface area contributed by atoms with Crippen molar-refractivity contribution >= 4 is 0 Å². The van der Waals surface area contributed by atoms with Crippen LogP contribution in [0.3, 0.4) is 0 Å². The first-order chi connectivity index (χ1) is 15.5. The van der Waals surface area contributed by atoms with Crippen molar-refractivity contribution in [2.24, 2.45) is 23.7 Å². The van der Waals surface area contributed by atoms with E-state index in [0.717, 1.165) is 59.8 Å². The maximum absolute atomic E-state index is 10.9. The molecule has 6 rings (SSSR count). The van der Waals surface area contributed by atoms with E-state index in [2.05, 4.69) is 52.0 Å². The van der Waals surface area contributed by atoms with Gasteiger partial charge in [-0.15, -0.1) is 0 Å². The molecule has 2 N–H and O–H groups in total. The fourth-order valence-electron chi connectivity index (χ4n) is 8.11. The van der Waals surface area contributed by atoms with Crippen LogP contribution in [0.15, 0.2) is 24.3 Å². The van der Waals surface area contributed by atoms with Crippen LogP contribution >= 0.6 is 0 Å². The van der Waals surface area contributed by atoms with Gasteiger partial charge in [0.05, 0.1) is 0 Å². The molecule has 172 valence electrons. The molecule has 32 heavy (non-hydrogen) atoms. The quantitative estimate of drug-likeness (QED) is 0.511. The molecular formula is C30H40O2. The van der Waals surface area contributed by atoms with Crippen molar-refractivity contribution < 1.29 is 10.2 Å². The Kier molecular flexibility index (Phi) is 5.55. The first kappa shape index (κ1) is 21.9. The average molecular weight is 433 g/mol. The van der Waals surface area contributed by atoms with Gasteiger partial charge in [-0.05, 0) is 115 Å². The fourth-order valence-corrected chi connectivity index (χ4v) is 8.11. The Morgan fingerprint density at radius 3 is 1.19 bits per heavy atom. The Morgan fingerprint density at radius 1 is 0.594 bits per heavy atom. The van der Waals surface area contributed by atoms with E-state index < -0.39 is 0 Å². The van der Waals surface area contributed by atoms with Gasteiger partial charge in [-0.25, -0.2) is 0 Å². The summed E-state index contributed by atoms with van der Waals surface area (Å²) >= 11 is 0. The molecule has 2 heteroatoms. The molecule has 4 aliphatic carbocycles. The smallest absolute Gasteiger partial charge is 0.121 e. The largest absolute Gasteiger partial charge is 0.507 e. The highest BCUT2D eigenvalue weighted by atomic mass is 16.3. The molecule has 4 bridgehead atoms. The average Bonchev–Trinajstić information content (AvgIpc) is 2.79. The summed E-state index contributed by atoms with van der Waals surface area (Å²) in [5.41, 5.74) is 7.27. The van der Waals surface area contributed by atoms with Crippen molar-refractivity contribution in [3.8, 4) is 11.5 Å². The molecule has 0 aliphatic heterocycles. The summed E-state index contributed by atoms with van der Waals surface area (Å²) in [6.45, 7) is 8.64. The fraction of sp³-hybridized carbons (Fsp3) is 0.600. The van der Waals surface area contributed by atoms with Crippen molar-refractivity contribution in [1.82, 2.24) is 0 Å². The Balaban J connectivity index is 1.80. The second kappa shape index (κ2) is 8.12. The summed E-state index contributed by atoms with van der Waals surface area (Å²) in [6, 6.07) is 9.39. The highest BCUT2D eigenvalue weighted by molar-refractivity contribution is 5.55. The van der Waals surface area contributed by atoms with Crippen LogP contribution in [-0.4, -0.2) is 10.2 Å². The van der Waals surface area contributed by atoms with Crippen molar-refractivity contribution in [2.75, 3.05) is 0 Å². The number of hydrogen-bond acceptors (Lipinski definition) is 2. The van der Waals surface area contributed by atoms with E-state index in [-0.39, 0.29) is 5.41 Å². The highest BCUT2D eigenvalue weighted by Crippen LogP contribution is 2.65. The summed E-state index contributed by atoms with van der Waals surface area (Å²) in [7, 11) is 0. The second-order valence-electron chi connectivity index (χ2n) is 10.9. The zero-order valence-electron chi connectivity index (χ0n) is 20.4. The molecule has 0 radical (unpaired) electrons. The van der Waals surface area contributed by atoms with E-state index in [0.29, 0.717) is 23.3 Å². The topological polar surface area (TPSA) is 40.5 Å². The summed E-state index contributed by atoms with van der Waals surface area (Å²) < 4.78 is 0. The number of phenols is 2. The molecule has 4 fully saturated rings. The lowest BCUT2D eigenvalue weighted by Gasteiger charge is -2.62. The van der Waals surface area contributed by atoms with E-state index in [1.807, 2.05) is 0 Å². The normalized spacial score (nSPS) is 27.8. The van der Waals surface area contributed by atoms with Gasteiger partial charge < -0.3 is 10.2 Å². The maximum Gasteiger partial charge on any atom is 0.121 e. The Bertz CT molecular complexity index is 876. The van der Waals surface area contributed by atoms with Crippen LogP contribution in [0.5, 0.6) is 11.5 Å². The van der Waals surface area contributed by atoms with Gasteiger partial charge in [0, 0.05) is 5.41 Å². The van der Waals surface area contributed by atoms with Crippen LogP contribution in [0.1, 0.15) is 93.2 Å². The number of hydrogen-bond donors (Lipinski definition) is 2. The lowest BCUT2D eigenvalue weighted by Crippen LogP contribution is -2.56. The standard InChI is InChI=1S/C30H40O2/c1-5-20-14-26(15-21(6-2)28(20)31)30(24-10-18-9-19(12-24)13-25(30)11-18)27-16-22(7-3)29(32)23(8-4)17-27/h14-19,24-25,31-32H,5-13H2,1-4H3. The highest BCUT2D eigenvalue weighted by Gasteiger charge is 2.58. The molecule has 0 unspecified atom stereocenters. The van der Waals surface area contributed by atoms with Crippen molar-refractivity contribution in [1.29, 1.82) is 0 Å². The van der Waals surface area contributed by atoms with Crippen LogP contribution in [0, 0.1) is 23.7 Å². The molecule has 0 atom stereocenters. The Hall–Kier alpha value is -1.96. The molecule has 0 amide bonds. The van der Waals surface area contributed by atoms with Crippen LogP contribution in [0.25, 0.3) is 0 Å². The third kappa shape index (κ3) is 3.05. The Morgan fingerprint density at radius 2 is 0.906 bits per heavy atom. The van der Waals surface area contributed by atoms with E-state index >= 15 is 0 Å². The predicted molar refractivity (Wildman–Crippen MR) is 132 cm³/mol. The molecule has 0 saturated heterocycles. The molecule has 4 saturated carbocycles. The van der Waals surface area contributed by atoms with Gasteiger partial charge in [0.2, 0.25) is 0 Å². The van der Waals surface area contributed by atoms with Gasteiger partial charge in [0.1, 0.15) is 11.5 Å². The summed E-state index contributed by atoms with van der Waals surface area (Å²) in [5.74, 6) is 4.13. The Labute approximate surface area is 194 Å². The summed E-state index contributed by atoms with van der Waals surface area (Å²) in [5, 5.41) is 21.8. The van der Waals surface area contributed by atoms with Gasteiger partial charge >= 0.3 is 0 Å². The molecule has 2 aromatic rings. The van der Waals surface area contributed by atoms with Crippen LogP contribution < -0.4 is 0 Å². The third-order valence-electron chi connectivity index (χ3n) is 9.44. The number of benzene rings is 2. The molecule has 2 nitrogen and oxygen atoms in total. The molecular weight excluding hydrogens is 392 g/mol. The minimum Gasteiger partial charge on any atom is -0.507 e. The first-order valence-corrected chi connectivity index (χ1v) is 13.2. The van der Waals surface area contributed by atoms with E-state index in [1.54, 1.807) is 0 Å². The van der Waals surface area contributed by atoms with Crippen LogP contribution in [0.4, 0.5) is 0 Å². The van der Waals surface area contributed by atoms with E-state index in [4.69, 9.17) is 0 Å². The van der Waals surface area contributed by atoms with E-state index in [1.165, 1.54) is 43.2 Å². The van der Waals surface area contributed by atoms with E-state index in [9.17, 15) is 10.2 Å². The zero-order valence-corrected chi connectivity index (χ0v) is 20.4. The molecule has 0 aromatic heterocycles. The number of phenolic OH excluding ortho intramolecular Hbond substituents is 2. The van der Waals surface area contributed by atoms with Gasteiger partial charge in [-0.2, -0.15) is 0 Å².